The number of carboxylic acids is 1. The first-order valence-electron chi connectivity index (χ1n) is 3.72. The highest BCUT2D eigenvalue weighted by molar-refractivity contribution is 5.80. The number of hydrogen-bond donors (Lipinski definition) is 1. The Morgan fingerprint density at radius 3 is 2.82 bits per heavy atom. The fraction of sp³-hybridized carbons (Fsp3) is 0.625. The lowest BCUT2D eigenvalue weighted by Crippen LogP contribution is -2.20. The molecule has 0 aromatic rings. The Balaban J connectivity index is 2.60. The minimum Gasteiger partial charge on any atom is -0.478 e. The largest absolute Gasteiger partial charge is 0.478 e. The van der Waals surface area contributed by atoms with Crippen molar-refractivity contribution in [2.24, 2.45) is 0 Å². The van der Waals surface area contributed by atoms with E-state index in [0.29, 0.717) is 6.04 Å². The molecule has 1 fully saturated rings. The van der Waals surface area contributed by atoms with Crippen molar-refractivity contribution in [3.63, 3.8) is 0 Å². The second-order valence-corrected chi connectivity index (χ2v) is 3.11. The van der Waals surface area contributed by atoms with Crippen molar-refractivity contribution in [1.29, 1.82) is 0 Å². The molecule has 1 atom stereocenters. The maximum atomic E-state index is 10.3. The minimum atomic E-state index is -0.831. The van der Waals surface area contributed by atoms with Crippen LogP contribution in [0.1, 0.15) is 13.3 Å². The molecule has 1 saturated heterocycles. The highest BCUT2D eigenvalue weighted by Crippen LogP contribution is 2.19. The molecule has 1 N–H and O–H groups in total. The molecule has 62 valence electrons. The predicted octanol–water partition coefficient (Wildman–Crippen LogP) is 0.721. The molecule has 3 nitrogen and oxygen atoms in total. The van der Waals surface area contributed by atoms with Gasteiger partial charge in [0.15, 0.2) is 0 Å². The van der Waals surface area contributed by atoms with Gasteiger partial charge < -0.3 is 5.11 Å². The Hall–Kier alpha value is -0.830. The molecular weight excluding hydrogens is 142 g/mol. The third-order valence-electron chi connectivity index (χ3n) is 2.09. The number of hydrogen-bond acceptors (Lipinski definition) is 2. The summed E-state index contributed by atoms with van der Waals surface area (Å²) in [5, 5.41) is 8.45. The minimum absolute atomic E-state index is 0.487. The fourth-order valence-corrected chi connectivity index (χ4v) is 1.36. The van der Waals surface area contributed by atoms with E-state index in [1.807, 2.05) is 7.05 Å². The number of rotatable bonds is 1. The number of nitrogens with zero attached hydrogens (tertiary/aromatic N) is 1. The maximum Gasteiger partial charge on any atom is 0.328 e. The van der Waals surface area contributed by atoms with E-state index in [-0.39, 0.29) is 0 Å². The van der Waals surface area contributed by atoms with E-state index < -0.39 is 5.97 Å². The molecule has 1 unspecified atom stereocenters. The number of aliphatic carboxylic acids is 1. The Kier molecular flexibility index (Phi) is 2.29. The number of likely N-dealkylation sites (tertiary alicyclic amines) is 1. The zero-order valence-corrected chi connectivity index (χ0v) is 6.87. The van der Waals surface area contributed by atoms with Crippen LogP contribution in [0.2, 0.25) is 0 Å². The van der Waals surface area contributed by atoms with E-state index in [0.717, 1.165) is 18.5 Å². The quantitative estimate of drug-likeness (QED) is 0.567. The van der Waals surface area contributed by atoms with Crippen LogP contribution in [0.15, 0.2) is 11.6 Å². The summed E-state index contributed by atoms with van der Waals surface area (Å²) in [5.41, 5.74) is 1.02. The highest BCUT2D eigenvalue weighted by Gasteiger charge is 2.20. The van der Waals surface area contributed by atoms with Gasteiger partial charge in [0, 0.05) is 18.7 Å². The molecule has 0 aromatic heterocycles. The summed E-state index contributed by atoms with van der Waals surface area (Å²) >= 11 is 0. The lowest BCUT2D eigenvalue weighted by atomic mass is 10.2. The summed E-state index contributed by atoms with van der Waals surface area (Å²) in [6.45, 7) is 2.90. The molecule has 0 amide bonds. The van der Waals surface area contributed by atoms with Crippen LogP contribution in [-0.2, 0) is 4.79 Å². The van der Waals surface area contributed by atoms with Crippen LogP contribution in [0.25, 0.3) is 0 Å². The molecule has 1 rings (SSSR count). The number of likely N-dealkylation sites (N-methyl/N-ethyl adjacent to an activating group) is 1. The summed E-state index contributed by atoms with van der Waals surface area (Å²) in [6, 6.07) is 0.487. The van der Waals surface area contributed by atoms with Crippen molar-refractivity contribution in [1.82, 2.24) is 4.90 Å². The molecule has 0 saturated carbocycles. The van der Waals surface area contributed by atoms with Crippen LogP contribution in [0.3, 0.4) is 0 Å². The Labute approximate surface area is 66.3 Å². The average molecular weight is 155 g/mol. The van der Waals surface area contributed by atoms with Crippen molar-refractivity contribution in [2.45, 2.75) is 19.4 Å². The SMILES string of the molecule is CC1CC(=CC(=O)O)CN1C. The van der Waals surface area contributed by atoms with Crippen LogP contribution < -0.4 is 0 Å². The van der Waals surface area contributed by atoms with Gasteiger partial charge in [-0.15, -0.1) is 0 Å². The normalized spacial score (nSPS) is 29.6. The molecule has 1 aliphatic rings. The van der Waals surface area contributed by atoms with Crippen LogP contribution >= 0.6 is 0 Å². The average Bonchev–Trinajstić information content (AvgIpc) is 2.10. The smallest absolute Gasteiger partial charge is 0.328 e. The fourth-order valence-electron chi connectivity index (χ4n) is 1.36. The van der Waals surface area contributed by atoms with Crippen molar-refractivity contribution >= 4 is 5.97 Å². The summed E-state index contributed by atoms with van der Waals surface area (Å²) in [6.07, 6.45) is 2.21. The van der Waals surface area contributed by atoms with E-state index in [1.165, 1.54) is 6.08 Å². The van der Waals surface area contributed by atoms with E-state index in [9.17, 15) is 4.79 Å². The molecule has 0 spiro atoms. The maximum absolute atomic E-state index is 10.3. The van der Waals surface area contributed by atoms with Gasteiger partial charge in [0.1, 0.15) is 0 Å². The predicted molar refractivity (Wildman–Crippen MR) is 42.4 cm³/mol. The van der Waals surface area contributed by atoms with Gasteiger partial charge in [-0.3, -0.25) is 4.90 Å². The van der Waals surface area contributed by atoms with Crippen molar-refractivity contribution in [2.75, 3.05) is 13.6 Å². The van der Waals surface area contributed by atoms with Gasteiger partial charge in [-0.25, -0.2) is 4.79 Å². The van der Waals surface area contributed by atoms with Gasteiger partial charge in [0.05, 0.1) is 0 Å². The Bertz CT molecular complexity index is 186. The molecular formula is C8H13NO2. The topological polar surface area (TPSA) is 40.5 Å². The molecule has 3 heteroatoms. The highest BCUT2D eigenvalue weighted by atomic mass is 16.4. The molecule has 1 aliphatic heterocycles. The summed E-state index contributed by atoms with van der Waals surface area (Å²) in [4.78, 5) is 12.4. The van der Waals surface area contributed by atoms with Gasteiger partial charge in [-0.2, -0.15) is 0 Å². The standard InChI is InChI=1S/C8H13NO2/c1-6-3-7(4-8(10)11)5-9(6)2/h4,6H,3,5H2,1-2H3,(H,10,11). The lowest BCUT2D eigenvalue weighted by molar-refractivity contribution is -0.131. The zero-order valence-electron chi connectivity index (χ0n) is 6.87. The molecule has 0 radical (unpaired) electrons. The Morgan fingerprint density at radius 1 is 1.82 bits per heavy atom. The van der Waals surface area contributed by atoms with Crippen LogP contribution in [0, 0.1) is 0 Å². The number of carboxylic acid groups (broad SMARTS) is 1. The van der Waals surface area contributed by atoms with Crippen LogP contribution in [-0.4, -0.2) is 35.6 Å². The van der Waals surface area contributed by atoms with Gasteiger partial charge in [-0.1, -0.05) is 0 Å². The van der Waals surface area contributed by atoms with Crippen molar-refractivity contribution in [3.8, 4) is 0 Å². The lowest BCUT2D eigenvalue weighted by Gasteiger charge is -2.11. The van der Waals surface area contributed by atoms with Crippen LogP contribution in [0.5, 0.6) is 0 Å². The van der Waals surface area contributed by atoms with Crippen molar-refractivity contribution < 1.29 is 9.90 Å². The third kappa shape index (κ3) is 2.05. The summed E-state index contributed by atoms with van der Waals surface area (Å²) in [7, 11) is 2.01. The molecule has 0 bridgehead atoms. The van der Waals surface area contributed by atoms with Gasteiger partial charge >= 0.3 is 5.97 Å². The van der Waals surface area contributed by atoms with Gasteiger partial charge in [0.25, 0.3) is 0 Å². The van der Waals surface area contributed by atoms with Gasteiger partial charge in [0.2, 0.25) is 0 Å². The number of carbonyl (C=O) groups is 1. The van der Waals surface area contributed by atoms with Crippen molar-refractivity contribution in [3.05, 3.63) is 11.6 Å². The van der Waals surface area contributed by atoms with E-state index in [2.05, 4.69) is 11.8 Å². The van der Waals surface area contributed by atoms with E-state index >= 15 is 0 Å². The molecule has 11 heavy (non-hydrogen) atoms. The first kappa shape index (κ1) is 8.27. The molecule has 0 aromatic carbocycles. The molecule has 1 heterocycles. The summed E-state index contributed by atoms with van der Waals surface area (Å²) in [5.74, 6) is -0.831. The van der Waals surface area contributed by atoms with E-state index in [4.69, 9.17) is 5.11 Å². The third-order valence-corrected chi connectivity index (χ3v) is 2.09. The molecule has 0 aliphatic carbocycles. The first-order valence-corrected chi connectivity index (χ1v) is 3.72. The second-order valence-electron chi connectivity index (χ2n) is 3.11. The Morgan fingerprint density at radius 2 is 2.45 bits per heavy atom. The van der Waals surface area contributed by atoms with Gasteiger partial charge in [-0.05, 0) is 26.0 Å². The summed E-state index contributed by atoms with van der Waals surface area (Å²) < 4.78 is 0. The van der Waals surface area contributed by atoms with Crippen LogP contribution in [0.4, 0.5) is 0 Å². The first-order chi connectivity index (χ1) is 5.09. The monoisotopic (exact) mass is 155 g/mol. The van der Waals surface area contributed by atoms with E-state index in [1.54, 1.807) is 0 Å². The zero-order chi connectivity index (χ0) is 8.43. The second kappa shape index (κ2) is 3.05.